The Morgan fingerprint density at radius 1 is 1.25 bits per heavy atom. The molecule has 16 heavy (non-hydrogen) atoms. The van der Waals surface area contributed by atoms with E-state index in [1.165, 1.54) is 6.42 Å². The summed E-state index contributed by atoms with van der Waals surface area (Å²) in [6.45, 7) is 4.46. The number of benzene rings is 1. The molecule has 0 spiro atoms. The second-order valence-electron chi connectivity index (χ2n) is 4.16. The van der Waals surface area contributed by atoms with Gasteiger partial charge in [-0.3, -0.25) is 0 Å². The van der Waals surface area contributed by atoms with E-state index in [4.69, 9.17) is 5.73 Å². The average Bonchev–Trinajstić information content (AvgIpc) is 2.26. The quantitative estimate of drug-likeness (QED) is 0.618. The zero-order chi connectivity index (χ0) is 11.8. The second kappa shape index (κ2) is 7.25. The smallest absolute Gasteiger partial charge is 0.120 e. The Morgan fingerprint density at radius 3 is 2.75 bits per heavy atom. The second-order valence-corrected chi connectivity index (χ2v) is 4.16. The molecule has 0 atom stereocenters. The fourth-order valence-electron chi connectivity index (χ4n) is 1.62. The summed E-state index contributed by atoms with van der Waals surface area (Å²) in [6, 6.07) is 5.79. The first-order chi connectivity index (χ1) is 7.74. The van der Waals surface area contributed by atoms with Crippen LogP contribution in [-0.4, -0.2) is 18.2 Å². The van der Waals surface area contributed by atoms with Gasteiger partial charge in [0.25, 0.3) is 0 Å². The summed E-state index contributed by atoms with van der Waals surface area (Å²) in [5.74, 6) is 0.384. The zero-order valence-corrected chi connectivity index (χ0v) is 10.00. The SMILES string of the molecule is Cc1ccc(CNCCCCCN)c(O)c1. The number of phenolic OH excluding ortho intramolecular Hbond substituents is 1. The largest absolute Gasteiger partial charge is 0.508 e. The maximum absolute atomic E-state index is 9.68. The van der Waals surface area contributed by atoms with E-state index in [1.807, 2.05) is 19.1 Å². The summed E-state index contributed by atoms with van der Waals surface area (Å²) in [5.41, 5.74) is 7.46. The van der Waals surface area contributed by atoms with E-state index in [0.29, 0.717) is 5.75 Å². The summed E-state index contributed by atoms with van der Waals surface area (Å²) in [7, 11) is 0. The average molecular weight is 222 g/mol. The standard InChI is InChI=1S/C13H22N2O/c1-11-5-6-12(13(16)9-11)10-15-8-4-2-3-7-14/h5-6,9,15-16H,2-4,7-8,10,14H2,1H3. The number of unbranched alkanes of at least 4 members (excludes halogenated alkanes) is 2. The Balaban J connectivity index is 2.21. The normalized spacial score (nSPS) is 10.6. The van der Waals surface area contributed by atoms with Gasteiger partial charge in [0.1, 0.15) is 5.75 Å². The molecule has 0 fully saturated rings. The summed E-state index contributed by atoms with van der Waals surface area (Å²) in [5, 5.41) is 13.0. The van der Waals surface area contributed by atoms with Crippen LogP contribution in [0.1, 0.15) is 30.4 Å². The number of aromatic hydroxyl groups is 1. The van der Waals surface area contributed by atoms with Crippen LogP contribution in [0.15, 0.2) is 18.2 Å². The van der Waals surface area contributed by atoms with Crippen molar-refractivity contribution < 1.29 is 5.11 Å². The lowest BCUT2D eigenvalue weighted by molar-refractivity contribution is 0.463. The molecule has 90 valence electrons. The molecule has 0 heterocycles. The number of hydrogen-bond donors (Lipinski definition) is 3. The van der Waals surface area contributed by atoms with Crippen LogP contribution < -0.4 is 11.1 Å². The topological polar surface area (TPSA) is 58.3 Å². The monoisotopic (exact) mass is 222 g/mol. The molecule has 0 aromatic heterocycles. The van der Waals surface area contributed by atoms with E-state index < -0.39 is 0 Å². The Bertz CT molecular complexity index is 313. The van der Waals surface area contributed by atoms with Gasteiger partial charge in [0.05, 0.1) is 0 Å². The number of rotatable bonds is 7. The first-order valence-electron chi connectivity index (χ1n) is 5.93. The van der Waals surface area contributed by atoms with Gasteiger partial charge in [0.2, 0.25) is 0 Å². The van der Waals surface area contributed by atoms with Gasteiger partial charge in [-0.15, -0.1) is 0 Å². The van der Waals surface area contributed by atoms with Crippen molar-refractivity contribution in [2.75, 3.05) is 13.1 Å². The lowest BCUT2D eigenvalue weighted by atomic mass is 10.1. The Morgan fingerprint density at radius 2 is 2.06 bits per heavy atom. The Kier molecular flexibility index (Phi) is 5.90. The summed E-state index contributed by atoms with van der Waals surface area (Å²) in [4.78, 5) is 0. The summed E-state index contributed by atoms with van der Waals surface area (Å²) < 4.78 is 0. The molecule has 3 nitrogen and oxygen atoms in total. The molecule has 0 aliphatic carbocycles. The van der Waals surface area contributed by atoms with Crippen molar-refractivity contribution >= 4 is 0 Å². The third-order valence-corrected chi connectivity index (χ3v) is 2.61. The van der Waals surface area contributed by atoms with E-state index in [0.717, 1.165) is 43.6 Å². The first-order valence-corrected chi connectivity index (χ1v) is 5.93. The van der Waals surface area contributed by atoms with Crippen molar-refractivity contribution in [3.8, 4) is 5.75 Å². The van der Waals surface area contributed by atoms with Crippen LogP contribution in [0.2, 0.25) is 0 Å². The number of phenols is 1. The molecule has 0 amide bonds. The van der Waals surface area contributed by atoms with Crippen molar-refractivity contribution in [1.82, 2.24) is 5.32 Å². The molecular weight excluding hydrogens is 200 g/mol. The maximum atomic E-state index is 9.68. The third kappa shape index (κ3) is 4.64. The van der Waals surface area contributed by atoms with Crippen molar-refractivity contribution in [1.29, 1.82) is 0 Å². The predicted molar refractivity (Wildman–Crippen MR) is 67.5 cm³/mol. The minimum absolute atomic E-state index is 0.384. The molecular formula is C13H22N2O. The highest BCUT2D eigenvalue weighted by Crippen LogP contribution is 2.17. The molecule has 4 N–H and O–H groups in total. The van der Waals surface area contributed by atoms with Gasteiger partial charge in [-0.2, -0.15) is 0 Å². The van der Waals surface area contributed by atoms with Crippen LogP contribution in [0.5, 0.6) is 5.75 Å². The van der Waals surface area contributed by atoms with Gasteiger partial charge in [-0.25, -0.2) is 0 Å². The van der Waals surface area contributed by atoms with E-state index in [1.54, 1.807) is 6.07 Å². The van der Waals surface area contributed by atoms with Gasteiger partial charge < -0.3 is 16.2 Å². The fourth-order valence-corrected chi connectivity index (χ4v) is 1.62. The molecule has 0 aliphatic heterocycles. The molecule has 0 saturated carbocycles. The molecule has 3 heteroatoms. The van der Waals surface area contributed by atoms with Crippen molar-refractivity contribution in [2.45, 2.75) is 32.7 Å². The molecule has 0 saturated heterocycles. The molecule has 0 aliphatic rings. The lowest BCUT2D eigenvalue weighted by Crippen LogP contribution is -2.15. The summed E-state index contributed by atoms with van der Waals surface area (Å²) >= 11 is 0. The van der Waals surface area contributed by atoms with Crippen LogP contribution in [-0.2, 0) is 6.54 Å². The Labute approximate surface area is 97.7 Å². The van der Waals surface area contributed by atoms with Gasteiger partial charge >= 0.3 is 0 Å². The fraction of sp³-hybridized carbons (Fsp3) is 0.538. The lowest BCUT2D eigenvalue weighted by Gasteiger charge is -2.07. The van der Waals surface area contributed by atoms with Crippen molar-refractivity contribution in [3.63, 3.8) is 0 Å². The van der Waals surface area contributed by atoms with Crippen LogP contribution in [0.3, 0.4) is 0 Å². The molecule has 0 unspecified atom stereocenters. The molecule has 0 radical (unpaired) electrons. The van der Waals surface area contributed by atoms with Crippen LogP contribution in [0.25, 0.3) is 0 Å². The molecule has 1 aromatic carbocycles. The number of hydrogen-bond acceptors (Lipinski definition) is 3. The van der Waals surface area contributed by atoms with Crippen LogP contribution in [0, 0.1) is 6.92 Å². The van der Waals surface area contributed by atoms with Crippen LogP contribution >= 0.6 is 0 Å². The Hall–Kier alpha value is -1.06. The molecule has 0 bridgehead atoms. The van der Waals surface area contributed by atoms with E-state index >= 15 is 0 Å². The van der Waals surface area contributed by atoms with E-state index in [9.17, 15) is 5.11 Å². The minimum Gasteiger partial charge on any atom is -0.508 e. The van der Waals surface area contributed by atoms with Crippen molar-refractivity contribution in [3.05, 3.63) is 29.3 Å². The highest BCUT2D eigenvalue weighted by Gasteiger charge is 1.99. The molecule has 1 rings (SSSR count). The van der Waals surface area contributed by atoms with E-state index in [-0.39, 0.29) is 0 Å². The highest BCUT2D eigenvalue weighted by atomic mass is 16.3. The first kappa shape index (κ1) is 13.0. The minimum atomic E-state index is 0.384. The van der Waals surface area contributed by atoms with Gasteiger partial charge in [0, 0.05) is 12.1 Å². The van der Waals surface area contributed by atoms with Gasteiger partial charge in [0.15, 0.2) is 0 Å². The predicted octanol–water partition coefficient (Wildman–Crippen LogP) is 1.92. The summed E-state index contributed by atoms with van der Waals surface area (Å²) in [6.07, 6.45) is 3.41. The number of aryl methyl sites for hydroxylation is 1. The zero-order valence-electron chi connectivity index (χ0n) is 10.00. The van der Waals surface area contributed by atoms with Gasteiger partial charge in [-0.05, 0) is 44.5 Å². The molecule has 1 aromatic rings. The van der Waals surface area contributed by atoms with E-state index in [2.05, 4.69) is 5.32 Å². The maximum Gasteiger partial charge on any atom is 0.120 e. The van der Waals surface area contributed by atoms with Crippen LogP contribution in [0.4, 0.5) is 0 Å². The highest BCUT2D eigenvalue weighted by molar-refractivity contribution is 5.35. The van der Waals surface area contributed by atoms with Crippen molar-refractivity contribution in [2.24, 2.45) is 5.73 Å². The third-order valence-electron chi connectivity index (χ3n) is 2.61. The number of nitrogens with one attached hydrogen (secondary N) is 1. The number of nitrogens with two attached hydrogens (primary N) is 1. The van der Waals surface area contributed by atoms with Gasteiger partial charge in [-0.1, -0.05) is 18.6 Å².